The summed E-state index contributed by atoms with van der Waals surface area (Å²) in [7, 11) is 0. The molecule has 0 radical (unpaired) electrons. The SMILES string of the molecule is O=C(COC(=O)[C@]12CCC(=O)N1c1ccccc1S2)N1CCN(c2ccccc2)CC1. The van der Waals surface area contributed by atoms with Crippen LogP contribution in [0.1, 0.15) is 12.8 Å². The largest absolute Gasteiger partial charge is 0.453 e. The zero-order valence-electron chi connectivity index (χ0n) is 17.0. The van der Waals surface area contributed by atoms with E-state index in [4.69, 9.17) is 4.74 Å². The van der Waals surface area contributed by atoms with Gasteiger partial charge in [-0.05, 0) is 24.3 Å². The summed E-state index contributed by atoms with van der Waals surface area (Å²) in [6, 6.07) is 17.6. The summed E-state index contributed by atoms with van der Waals surface area (Å²) < 4.78 is 5.48. The standard InChI is InChI=1S/C23H23N3O4S/c27-20-10-11-23(26(20)18-8-4-5-9-19(18)31-23)22(29)30-16-21(28)25-14-12-24(13-15-25)17-6-2-1-3-7-17/h1-9H,10-16H2/t23-/m1/s1. The number of carbonyl (C=O) groups is 3. The van der Waals surface area contributed by atoms with E-state index in [1.54, 1.807) is 9.80 Å². The molecule has 0 N–H and O–H groups in total. The van der Waals surface area contributed by atoms with Gasteiger partial charge in [-0.3, -0.25) is 14.5 Å². The third-order valence-corrected chi connectivity index (χ3v) is 7.53. The summed E-state index contributed by atoms with van der Waals surface area (Å²) in [5.74, 6) is -0.803. The van der Waals surface area contributed by atoms with Crippen molar-refractivity contribution in [1.29, 1.82) is 0 Å². The lowest BCUT2D eigenvalue weighted by molar-refractivity contribution is -0.154. The molecular formula is C23H23N3O4S. The van der Waals surface area contributed by atoms with E-state index >= 15 is 0 Å². The van der Waals surface area contributed by atoms with Gasteiger partial charge in [-0.15, -0.1) is 0 Å². The van der Waals surface area contributed by atoms with Crippen molar-refractivity contribution in [2.75, 3.05) is 42.6 Å². The Morgan fingerprint density at radius 2 is 1.68 bits per heavy atom. The number of hydrogen-bond donors (Lipinski definition) is 0. The summed E-state index contributed by atoms with van der Waals surface area (Å²) >= 11 is 1.35. The number of amides is 2. The van der Waals surface area contributed by atoms with Crippen molar-refractivity contribution >= 4 is 40.9 Å². The van der Waals surface area contributed by atoms with Crippen molar-refractivity contribution in [1.82, 2.24) is 4.90 Å². The van der Waals surface area contributed by atoms with Gasteiger partial charge in [-0.25, -0.2) is 4.79 Å². The number of piperazine rings is 1. The molecule has 3 aliphatic heterocycles. The van der Waals surface area contributed by atoms with Crippen LogP contribution >= 0.6 is 11.8 Å². The zero-order valence-corrected chi connectivity index (χ0v) is 17.8. The summed E-state index contributed by atoms with van der Waals surface area (Å²) in [6.45, 7) is 2.34. The molecule has 31 heavy (non-hydrogen) atoms. The van der Waals surface area contributed by atoms with Crippen LogP contribution in [-0.4, -0.2) is 60.3 Å². The molecule has 160 valence electrons. The molecule has 2 saturated heterocycles. The van der Waals surface area contributed by atoms with E-state index in [2.05, 4.69) is 17.0 Å². The summed E-state index contributed by atoms with van der Waals surface area (Å²) in [5.41, 5.74) is 1.89. The predicted molar refractivity (Wildman–Crippen MR) is 118 cm³/mol. The number of carbonyl (C=O) groups excluding carboxylic acids is 3. The van der Waals surface area contributed by atoms with Crippen LogP contribution in [0.5, 0.6) is 0 Å². The highest BCUT2D eigenvalue weighted by atomic mass is 32.2. The first-order valence-corrected chi connectivity index (χ1v) is 11.3. The maximum atomic E-state index is 13.1. The van der Waals surface area contributed by atoms with Gasteiger partial charge in [0.05, 0.1) is 5.69 Å². The van der Waals surface area contributed by atoms with Gasteiger partial charge in [0.25, 0.3) is 5.91 Å². The van der Waals surface area contributed by atoms with Gasteiger partial charge in [0.1, 0.15) is 0 Å². The number of rotatable bonds is 4. The van der Waals surface area contributed by atoms with E-state index in [9.17, 15) is 14.4 Å². The van der Waals surface area contributed by atoms with Gasteiger partial charge in [-0.2, -0.15) is 0 Å². The van der Waals surface area contributed by atoms with Crippen molar-refractivity contribution in [3.8, 4) is 0 Å². The molecule has 2 fully saturated rings. The van der Waals surface area contributed by atoms with Crippen LogP contribution in [0.2, 0.25) is 0 Å². The second-order valence-corrected chi connectivity index (χ2v) is 9.18. The average molecular weight is 438 g/mol. The topological polar surface area (TPSA) is 70.2 Å². The van der Waals surface area contributed by atoms with Crippen molar-refractivity contribution in [2.45, 2.75) is 22.6 Å². The van der Waals surface area contributed by atoms with Crippen LogP contribution in [-0.2, 0) is 19.1 Å². The number of ether oxygens (including phenoxy) is 1. The zero-order chi connectivity index (χ0) is 21.4. The third-order valence-electron chi connectivity index (χ3n) is 6.07. The van der Waals surface area contributed by atoms with E-state index < -0.39 is 10.8 Å². The van der Waals surface area contributed by atoms with Crippen LogP contribution in [0.4, 0.5) is 11.4 Å². The van der Waals surface area contributed by atoms with E-state index in [1.807, 2.05) is 42.5 Å². The van der Waals surface area contributed by atoms with Crippen molar-refractivity contribution < 1.29 is 19.1 Å². The van der Waals surface area contributed by atoms with Crippen molar-refractivity contribution in [3.63, 3.8) is 0 Å². The number of thioether (sulfide) groups is 1. The smallest absolute Gasteiger partial charge is 0.344 e. The molecule has 2 aromatic carbocycles. The highest BCUT2D eigenvalue weighted by Crippen LogP contribution is 2.56. The second-order valence-electron chi connectivity index (χ2n) is 7.86. The molecule has 0 spiro atoms. The fourth-order valence-corrected chi connectivity index (χ4v) is 5.87. The van der Waals surface area contributed by atoms with Crippen LogP contribution < -0.4 is 9.80 Å². The van der Waals surface area contributed by atoms with Crippen molar-refractivity contribution in [3.05, 3.63) is 54.6 Å². The first-order chi connectivity index (χ1) is 15.1. The number of esters is 1. The fourth-order valence-electron chi connectivity index (χ4n) is 4.46. The molecule has 0 bridgehead atoms. The molecule has 2 aromatic rings. The molecule has 7 nitrogen and oxygen atoms in total. The van der Waals surface area contributed by atoms with Crippen molar-refractivity contribution in [2.24, 2.45) is 0 Å². The second kappa shape index (κ2) is 7.92. The maximum absolute atomic E-state index is 13.1. The number of nitrogens with zero attached hydrogens (tertiary/aromatic N) is 3. The van der Waals surface area contributed by atoms with Crippen LogP contribution in [0.3, 0.4) is 0 Å². The maximum Gasteiger partial charge on any atom is 0.344 e. The van der Waals surface area contributed by atoms with Crippen LogP contribution in [0, 0.1) is 0 Å². The number of anilines is 2. The summed E-state index contributed by atoms with van der Waals surface area (Å²) in [4.78, 5) is 43.6. The van der Waals surface area contributed by atoms with Gasteiger partial charge in [0.2, 0.25) is 5.91 Å². The lowest BCUT2D eigenvalue weighted by Crippen LogP contribution is -2.51. The first-order valence-electron chi connectivity index (χ1n) is 10.4. The number of benzene rings is 2. The Morgan fingerprint density at radius 3 is 2.45 bits per heavy atom. The van der Waals surface area contributed by atoms with Gasteiger partial charge in [0, 0.05) is 49.6 Å². The molecule has 8 heteroatoms. The van der Waals surface area contributed by atoms with Gasteiger partial charge >= 0.3 is 5.97 Å². The minimum Gasteiger partial charge on any atom is -0.453 e. The molecular weight excluding hydrogens is 414 g/mol. The lowest BCUT2D eigenvalue weighted by atomic mass is 10.2. The van der Waals surface area contributed by atoms with E-state index in [1.165, 1.54) is 11.8 Å². The minimum absolute atomic E-state index is 0.0854. The number of hydrogen-bond acceptors (Lipinski definition) is 6. The predicted octanol–water partition coefficient (Wildman–Crippen LogP) is 2.51. The summed E-state index contributed by atoms with van der Waals surface area (Å²) in [5, 5.41) is 0. The number of para-hydroxylation sites is 2. The molecule has 3 heterocycles. The molecule has 0 aliphatic carbocycles. The monoisotopic (exact) mass is 437 g/mol. The molecule has 3 aliphatic rings. The highest BCUT2D eigenvalue weighted by molar-refractivity contribution is 8.02. The molecule has 1 atom stereocenters. The van der Waals surface area contributed by atoms with E-state index in [0.29, 0.717) is 25.9 Å². The van der Waals surface area contributed by atoms with Gasteiger partial charge in [0.15, 0.2) is 11.5 Å². The van der Waals surface area contributed by atoms with Crippen LogP contribution in [0.25, 0.3) is 0 Å². The van der Waals surface area contributed by atoms with Gasteiger partial charge < -0.3 is 14.5 Å². The first kappa shape index (κ1) is 19.9. The van der Waals surface area contributed by atoms with Gasteiger partial charge in [-0.1, -0.05) is 42.1 Å². The van der Waals surface area contributed by atoms with E-state index in [0.717, 1.165) is 29.4 Å². The summed E-state index contributed by atoms with van der Waals surface area (Å²) in [6.07, 6.45) is 0.680. The Labute approximate surface area is 184 Å². The third kappa shape index (κ3) is 3.44. The Kier molecular flexibility index (Phi) is 5.09. The molecule has 0 aromatic heterocycles. The minimum atomic E-state index is -1.09. The molecule has 2 amide bonds. The highest BCUT2D eigenvalue weighted by Gasteiger charge is 2.58. The molecule has 0 saturated carbocycles. The van der Waals surface area contributed by atoms with Crippen LogP contribution in [0.15, 0.2) is 59.5 Å². The Balaban J connectivity index is 1.20. The molecule has 5 rings (SSSR count). The Bertz CT molecular complexity index is 1020. The Hall–Kier alpha value is -3.00. The average Bonchev–Trinajstić information content (AvgIpc) is 3.33. The number of fused-ring (bicyclic) bond motifs is 3. The quantitative estimate of drug-likeness (QED) is 0.685. The normalized spacial score (nSPS) is 22.3. The molecule has 0 unspecified atom stereocenters. The Morgan fingerprint density at radius 1 is 0.968 bits per heavy atom. The lowest BCUT2D eigenvalue weighted by Gasteiger charge is -2.36. The van der Waals surface area contributed by atoms with E-state index in [-0.39, 0.29) is 18.4 Å². The fraction of sp³-hybridized carbons (Fsp3) is 0.348.